The van der Waals surface area contributed by atoms with Crippen LogP contribution in [0.2, 0.25) is 0 Å². The minimum absolute atomic E-state index is 0.0137. The van der Waals surface area contributed by atoms with E-state index in [2.05, 4.69) is 31.2 Å². The molecule has 0 aliphatic carbocycles. The summed E-state index contributed by atoms with van der Waals surface area (Å²) in [7, 11) is 1.70. The van der Waals surface area contributed by atoms with E-state index >= 15 is 0 Å². The van der Waals surface area contributed by atoms with Crippen molar-refractivity contribution in [3.63, 3.8) is 0 Å². The average molecular weight is 345 g/mol. The van der Waals surface area contributed by atoms with Crippen LogP contribution in [0.15, 0.2) is 45.7 Å². The van der Waals surface area contributed by atoms with Crippen LogP contribution in [-0.4, -0.2) is 37.6 Å². The number of hydrogen-bond acceptors (Lipinski definition) is 4. The van der Waals surface area contributed by atoms with Crippen LogP contribution in [0.25, 0.3) is 0 Å². The van der Waals surface area contributed by atoms with E-state index in [0.29, 0.717) is 18.3 Å². The van der Waals surface area contributed by atoms with Crippen molar-refractivity contribution in [3.8, 4) is 0 Å². The zero-order valence-corrected chi connectivity index (χ0v) is 15.0. The zero-order chi connectivity index (χ0) is 16.9. The summed E-state index contributed by atoms with van der Waals surface area (Å²) in [6, 6.07) is 12.1. The lowest BCUT2D eigenvalue weighted by Gasteiger charge is -2.14. The molecule has 0 N–H and O–H groups in total. The number of nitrogens with zero attached hydrogens (tertiary/aromatic N) is 1. The van der Waals surface area contributed by atoms with Crippen LogP contribution in [0.3, 0.4) is 0 Å². The molecule has 1 aliphatic heterocycles. The fourth-order valence-electron chi connectivity index (χ4n) is 2.90. The maximum atomic E-state index is 12.5. The first-order valence-corrected chi connectivity index (χ1v) is 9.20. The third-order valence-corrected chi connectivity index (χ3v) is 5.28. The van der Waals surface area contributed by atoms with Crippen LogP contribution < -0.4 is 0 Å². The van der Waals surface area contributed by atoms with E-state index < -0.39 is 0 Å². The number of amides is 1. The Kier molecular flexibility index (Phi) is 5.63. The summed E-state index contributed by atoms with van der Waals surface area (Å²) >= 11 is 1.71. The molecule has 4 nitrogen and oxygen atoms in total. The standard InChI is InChI=1S/C19H23NO3S/c1-14-3-6-17(7-4-14)24-13-16-5-8-18(23-16)19(21)20-10-9-15(11-20)12-22-2/h3-8,15H,9-13H2,1-2H3/t15-/m0/s1. The fourth-order valence-corrected chi connectivity index (χ4v) is 3.70. The van der Waals surface area contributed by atoms with Gasteiger partial charge in [0, 0.05) is 31.0 Å². The predicted molar refractivity (Wildman–Crippen MR) is 95.3 cm³/mol. The van der Waals surface area contributed by atoms with Crippen molar-refractivity contribution >= 4 is 17.7 Å². The molecule has 0 spiro atoms. The Morgan fingerprint density at radius 3 is 2.83 bits per heavy atom. The highest BCUT2D eigenvalue weighted by atomic mass is 32.2. The lowest BCUT2D eigenvalue weighted by atomic mass is 10.1. The van der Waals surface area contributed by atoms with Crippen LogP contribution in [0.4, 0.5) is 0 Å². The number of ether oxygens (including phenoxy) is 1. The number of thioether (sulfide) groups is 1. The second-order valence-electron chi connectivity index (χ2n) is 6.23. The van der Waals surface area contributed by atoms with Gasteiger partial charge in [0.1, 0.15) is 5.76 Å². The predicted octanol–water partition coefficient (Wildman–Crippen LogP) is 3.99. The van der Waals surface area contributed by atoms with Gasteiger partial charge in [0.15, 0.2) is 5.76 Å². The van der Waals surface area contributed by atoms with Crippen LogP contribution in [0.1, 0.15) is 28.3 Å². The highest BCUT2D eigenvalue weighted by molar-refractivity contribution is 7.98. The molecule has 0 bridgehead atoms. The summed E-state index contributed by atoms with van der Waals surface area (Å²) in [4.78, 5) is 15.6. The molecule has 1 atom stereocenters. The van der Waals surface area contributed by atoms with Gasteiger partial charge < -0.3 is 14.1 Å². The van der Waals surface area contributed by atoms with E-state index in [1.165, 1.54) is 10.5 Å². The first kappa shape index (κ1) is 17.1. The first-order valence-electron chi connectivity index (χ1n) is 8.22. The van der Waals surface area contributed by atoms with Gasteiger partial charge in [0.25, 0.3) is 5.91 Å². The number of benzene rings is 1. The quantitative estimate of drug-likeness (QED) is 0.743. The summed E-state index contributed by atoms with van der Waals surface area (Å²) in [5.41, 5.74) is 1.25. The molecule has 2 heterocycles. The molecular formula is C19H23NO3S. The number of methoxy groups -OCH3 is 1. The topological polar surface area (TPSA) is 42.7 Å². The number of likely N-dealkylation sites (tertiary alicyclic amines) is 1. The highest BCUT2D eigenvalue weighted by Gasteiger charge is 2.28. The molecule has 1 saturated heterocycles. The van der Waals surface area contributed by atoms with Gasteiger partial charge in [0.05, 0.1) is 12.4 Å². The molecule has 1 fully saturated rings. The molecule has 3 rings (SSSR count). The molecule has 1 aliphatic rings. The Morgan fingerprint density at radius 2 is 2.08 bits per heavy atom. The second kappa shape index (κ2) is 7.90. The van der Waals surface area contributed by atoms with Gasteiger partial charge >= 0.3 is 0 Å². The largest absolute Gasteiger partial charge is 0.455 e. The Morgan fingerprint density at radius 1 is 1.29 bits per heavy atom. The van der Waals surface area contributed by atoms with Gasteiger partial charge in [-0.2, -0.15) is 0 Å². The van der Waals surface area contributed by atoms with E-state index in [9.17, 15) is 4.79 Å². The minimum atomic E-state index is -0.0137. The van der Waals surface area contributed by atoms with Gasteiger partial charge in [-0.05, 0) is 37.6 Å². The van der Waals surface area contributed by atoms with Crippen LogP contribution in [0.5, 0.6) is 0 Å². The molecular weight excluding hydrogens is 322 g/mol. The molecule has 128 valence electrons. The highest BCUT2D eigenvalue weighted by Crippen LogP contribution is 2.25. The lowest BCUT2D eigenvalue weighted by Crippen LogP contribution is -2.28. The first-order chi connectivity index (χ1) is 11.7. The molecule has 0 unspecified atom stereocenters. The SMILES string of the molecule is COC[C@H]1CCN(C(=O)c2ccc(CSc3ccc(C)cc3)o2)C1. The molecule has 1 amide bonds. The maximum Gasteiger partial charge on any atom is 0.289 e. The van der Waals surface area contributed by atoms with Crippen molar-refractivity contribution in [1.29, 1.82) is 0 Å². The number of hydrogen-bond donors (Lipinski definition) is 0. The van der Waals surface area contributed by atoms with Gasteiger partial charge in [-0.3, -0.25) is 4.79 Å². The third-order valence-electron chi connectivity index (χ3n) is 4.25. The molecule has 1 aromatic heterocycles. The van der Waals surface area contributed by atoms with Crippen molar-refractivity contribution < 1.29 is 13.9 Å². The number of carbonyl (C=O) groups excluding carboxylic acids is 1. The summed E-state index contributed by atoms with van der Waals surface area (Å²) in [5.74, 6) is 2.41. The minimum Gasteiger partial charge on any atom is -0.455 e. The number of rotatable bonds is 6. The summed E-state index contributed by atoms with van der Waals surface area (Å²) in [6.07, 6.45) is 0.996. The van der Waals surface area contributed by atoms with Crippen LogP contribution >= 0.6 is 11.8 Å². The van der Waals surface area contributed by atoms with E-state index in [-0.39, 0.29) is 5.91 Å². The van der Waals surface area contributed by atoms with Gasteiger partial charge in [0.2, 0.25) is 0 Å². The molecule has 2 aromatic rings. The van der Waals surface area contributed by atoms with Crippen LogP contribution in [0, 0.1) is 12.8 Å². The normalized spacial score (nSPS) is 17.4. The Bertz CT molecular complexity index is 680. The van der Waals surface area contributed by atoms with Crippen molar-refractivity contribution in [2.24, 2.45) is 5.92 Å². The van der Waals surface area contributed by atoms with Crippen molar-refractivity contribution in [1.82, 2.24) is 4.90 Å². The zero-order valence-electron chi connectivity index (χ0n) is 14.2. The van der Waals surface area contributed by atoms with E-state index in [0.717, 1.165) is 31.0 Å². The Labute approximate surface area is 147 Å². The van der Waals surface area contributed by atoms with E-state index in [1.807, 2.05) is 11.0 Å². The summed E-state index contributed by atoms with van der Waals surface area (Å²) in [5, 5.41) is 0. The summed E-state index contributed by atoms with van der Waals surface area (Å²) < 4.78 is 10.9. The second-order valence-corrected chi connectivity index (χ2v) is 7.28. The van der Waals surface area contributed by atoms with Crippen molar-refractivity contribution in [2.45, 2.75) is 24.0 Å². The fraction of sp³-hybridized carbons (Fsp3) is 0.421. The molecule has 24 heavy (non-hydrogen) atoms. The molecule has 5 heteroatoms. The van der Waals surface area contributed by atoms with E-state index in [1.54, 1.807) is 24.9 Å². The van der Waals surface area contributed by atoms with Crippen molar-refractivity contribution in [3.05, 3.63) is 53.5 Å². The lowest BCUT2D eigenvalue weighted by molar-refractivity contribution is 0.0742. The van der Waals surface area contributed by atoms with E-state index in [4.69, 9.17) is 9.15 Å². The van der Waals surface area contributed by atoms with Gasteiger partial charge in [-0.1, -0.05) is 17.7 Å². The van der Waals surface area contributed by atoms with Crippen LogP contribution in [-0.2, 0) is 10.5 Å². The van der Waals surface area contributed by atoms with Crippen molar-refractivity contribution in [2.75, 3.05) is 26.8 Å². The Hall–Kier alpha value is -1.72. The number of carbonyl (C=O) groups is 1. The average Bonchev–Trinajstić information content (AvgIpc) is 3.24. The van der Waals surface area contributed by atoms with Gasteiger partial charge in [-0.15, -0.1) is 11.8 Å². The Balaban J connectivity index is 1.55. The monoisotopic (exact) mass is 345 g/mol. The number of furan rings is 1. The number of aryl methyl sites for hydroxylation is 1. The molecule has 0 saturated carbocycles. The maximum absolute atomic E-state index is 12.5. The smallest absolute Gasteiger partial charge is 0.289 e. The third kappa shape index (κ3) is 4.22. The molecule has 0 radical (unpaired) electrons. The van der Waals surface area contributed by atoms with Gasteiger partial charge in [-0.25, -0.2) is 0 Å². The molecule has 1 aromatic carbocycles. The summed E-state index contributed by atoms with van der Waals surface area (Å²) in [6.45, 7) is 4.32.